The van der Waals surface area contributed by atoms with Gasteiger partial charge in [-0.05, 0) is 25.8 Å². The first-order valence-corrected chi connectivity index (χ1v) is 10.7. The summed E-state index contributed by atoms with van der Waals surface area (Å²) < 4.78 is 76.4. The van der Waals surface area contributed by atoms with Gasteiger partial charge >= 0.3 is 6.18 Å². The highest BCUT2D eigenvalue weighted by Crippen LogP contribution is 2.36. The number of alkyl halides is 4. The molecule has 0 aliphatic carbocycles. The zero-order valence-corrected chi connectivity index (χ0v) is 19.1. The van der Waals surface area contributed by atoms with Crippen LogP contribution in [0.1, 0.15) is 44.5 Å². The third kappa shape index (κ3) is 5.26. The lowest BCUT2D eigenvalue weighted by atomic mass is 10.1. The van der Waals surface area contributed by atoms with Gasteiger partial charge in [0.05, 0.1) is 18.8 Å². The Balaban J connectivity index is 2.10. The minimum atomic E-state index is -4.77. The van der Waals surface area contributed by atoms with Gasteiger partial charge in [-0.3, -0.25) is 0 Å². The number of aryl methyl sites for hydroxylation is 1. The molecule has 0 aromatic carbocycles. The van der Waals surface area contributed by atoms with Crippen LogP contribution in [0.5, 0.6) is 5.88 Å². The summed E-state index contributed by atoms with van der Waals surface area (Å²) in [4.78, 5) is 15.7. The number of nitrogens with zero attached hydrogens (tertiary/aromatic N) is 5. The fourth-order valence-electron chi connectivity index (χ4n) is 3.53. The summed E-state index contributed by atoms with van der Waals surface area (Å²) in [6, 6.07) is 0.687. The summed E-state index contributed by atoms with van der Waals surface area (Å²) in [7, 11) is 1.25. The quantitative estimate of drug-likeness (QED) is 0.403. The van der Waals surface area contributed by atoms with Crippen LogP contribution in [0.25, 0.3) is 17.1 Å². The van der Waals surface area contributed by atoms with Crippen LogP contribution in [0.3, 0.4) is 0 Å². The highest BCUT2D eigenvalue weighted by Gasteiger charge is 2.36. The van der Waals surface area contributed by atoms with Crippen LogP contribution in [0.2, 0.25) is 0 Å². The predicted molar refractivity (Wildman–Crippen MR) is 116 cm³/mol. The number of nitrogens with one attached hydrogen (secondary N) is 1. The van der Waals surface area contributed by atoms with Crippen molar-refractivity contribution in [1.29, 1.82) is 0 Å². The third-order valence-electron chi connectivity index (χ3n) is 5.25. The van der Waals surface area contributed by atoms with Crippen LogP contribution >= 0.6 is 0 Å². The minimum absolute atomic E-state index is 0.00436. The van der Waals surface area contributed by atoms with Crippen LogP contribution in [-0.4, -0.2) is 43.8 Å². The molecule has 0 spiro atoms. The molecule has 2 atom stereocenters. The number of ether oxygens (including phenoxy) is 1. The van der Waals surface area contributed by atoms with E-state index in [0.717, 1.165) is 0 Å². The molecule has 3 aromatic rings. The number of anilines is 1. The van der Waals surface area contributed by atoms with Crippen molar-refractivity contribution in [3.8, 4) is 23.0 Å². The fraction of sp³-hybridized carbons (Fsp3) is 0.455. The molecular formula is C22H25F5N6O. The van der Waals surface area contributed by atoms with Gasteiger partial charge in [-0.1, -0.05) is 20.3 Å². The lowest BCUT2D eigenvalue weighted by molar-refractivity contribution is -0.137. The number of imidazole rings is 1. The maximum absolute atomic E-state index is 14.7. The molecule has 3 rings (SSSR count). The molecule has 0 bridgehead atoms. The van der Waals surface area contributed by atoms with Gasteiger partial charge in [0.2, 0.25) is 11.8 Å². The number of hydrogen-bond donors (Lipinski definition) is 1. The number of rotatable bonds is 9. The summed E-state index contributed by atoms with van der Waals surface area (Å²) in [5.74, 6) is -1.01. The molecule has 0 radical (unpaired) electrons. The van der Waals surface area contributed by atoms with E-state index >= 15 is 0 Å². The van der Waals surface area contributed by atoms with E-state index in [-0.39, 0.29) is 35.5 Å². The molecular weight excluding hydrogens is 459 g/mol. The Labute approximate surface area is 193 Å². The molecule has 0 aliphatic heterocycles. The molecule has 12 heteroatoms. The van der Waals surface area contributed by atoms with Crippen LogP contribution < -0.4 is 10.1 Å². The Bertz CT molecular complexity index is 1130. The van der Waals surface area contributed by atoms with Gasteiger partial charge in [0.25, 0.3) is 5.88 Å². The fourth-order valence-corrected chi connectivity index (χ4v) is 3.53. The second kappa shape index (κ2) is 10.3. The highest BCUT2D eigenvalue weighted by atomic mass is 19.4. The lowest BCUT2D eigenvalue weighted by Gasteiger charge is -2.21. The molecule has 0 amide bonds. The summed E-state index contributed by atoms with van der Waals surface area (Å²) >= 11 is 0. The van der Waals surface area contributed by atoms with Crippen molar-refractivity contribution in [2.45, 2.75) is 58.4 Å². The van der Waals surface area contributed by atoms with Crippen LogP contribution in [0.4, 0.5) is 27.9 Å². The number of halogens is 5. The zero-order valence-electron chi connectivity index (χ0n) is 19.1. The van der Waals surface area contributed by atoms with E-state index in [4.69, 9.17) is 4.74 Å². The van der Waals surface area contributed by atoms with E-state index in [0.29, 0.717) is 19.0 Å². The molecule has 7 nitrogen and oxygen atoms in total. The molecule has 0 fully saturated rings. The highest BCUT2D eigenvalue weighted by molar-refractivity contribution is 5.62. The standard InChI is InChI=1S/C22H25F5N6O/c1-5-7-15(14(23)6-2)31-21-29-10-13(22(25,26)27)19(32-21)16-11-33(12(3)30-16)17-8-9-28-20(34-4)18(17)24/h8-11,14-15H,5-7H2,1-4H3,(H,29,31,32)/t14-,15+/m1/s1. The molecule has 1 N–H and O–H groups in total. The largest absolute Gasteiger partial charge is 0.479 e. The Morgan fingerprint density at radius 1 is 1.18 bits per heavy atom. The van der Waals surface area contributed by atoms with Crippen LogP contribution in [0, 0.1) is 12.7 Å². The smallest absolute Gasteiger partial charge is 0.420 e. The van der Waals surface area contributed by atoms with Gasteiger partial charge in [-0.25, -0.2) is 24.3 Å². The number of aromatic nitrogens is 5. The normalized spacial score (nSPS) is 13.6. The molecule has 0 saturated heterocycles. The number of pyridine rings is 1. The van der Waals surface area contributed by atoms with Crippen molar-refractivity contribution in [2.24, 2.45) is 0 Å². The molecule has 34 heavy (non-hydrogen) atoms. The average Bonchev–Trinajstić information content (AvgIpc) is 3.19. The first-order valence-electron chi connectivity index (χ1n) is 10.7. The van der Waals surface area contributed by atoms with E-state index in [1.165, 1.54) is 37.1 Å². The molecule has 184 valence electrons. The monoisotopic (exact) mass is 484 g/mol. The Morgan fingerprint density at radius 3 is 2.53 bits per heavy atom. The Hall–Kier alpha value is -3.31. The molecule has 0 saturated carbocycles. The summed E-state index contributed by atoms with van der Waals surface area (Å²) in [5.41, 5.74) is -1.77. The van der Waals surface area contributed by atoms with Crippen LogP contribution in [0.15, 0.2) is 24.7 Å². The van der Waals surface area contributed by atoms with E-state index in [1.807, 2.05) is 6.92 Å². The van der Waals surface area contributed by atoms with Gasteiger partial charge in [0.1, 0.15) is 28.9 Å². The zero-order chi connectivity index (χ0) is 25.0. The van der Waals surface area contributed by atoms with Crippen molar-refractivity contribution in [3.05, 3.63) is 41.9 Å². The van der Waals surface area contributed by atoms with E-state index < -0.39 is 35.5 Å². The van der Waals surface area contributed by atoms with Gasteiger partial charge < -0.3 is 14.6 Å². The first kappa shape index (κ1) is 25.3. The van der Waals surface area contributed by atoms with Crippen molar-refractivity contribution in [3.63, 3.8) is 0 Å². The van der Waals surface area contributed by atoms with E-state index in [9.17, 15) is 22.0 Å². The topological polar surface area (TPSA) is 77.8 Å². The third-order valence-corrected chi connectivity index (χ3v) is 5.25. The number of hydrogen-bond acceptors (Lipinski definition) is 6. The predicted octanol–water partition coefficient (Wildman–Crippen LogP) is 5.53. The van der Waals surface area contributed by atoms with Crippen molar-refractivity contribution in [1.82, 2.24) is 24.5 Å². The lowest BCUT2D eigenvalue weighted by Crippen LogP contribution is -2.31. The van der Waals surface area contributed by atoms with Crippen molar-refractivity contribution < 1.29 is 26.7 Å². The van der Waals surface area contributed by atoms with Crippen molar-refractivity contribution in [2.75, 3.05) is 12.4 Å². The molecule has 0 unspecified atom stereocenters. The SMILES string of the molecule is CCC[C@H](Nc1ncc(C(F)(F)F)c(-c2cn(-c3ccnc(OC)c3F)c(C)n2)n1)[C@H](F)CC. The van der Waals surface area contributed by atoms with Crippen LogP contribution in [-0.2, 0) is 6.18 Å². The maximum Gasteiger partial charge on any atom is 0.420 e. The number of methoxy groups -OCH3 is 1. The molecule has 3 aromatic heterocycles. The Kier molecular flexibility index (Phi) is 7.68. The van der Waals surface area contributed by atoms with Gasteiger partial charge in [-0.2, -0.15) is 17.6 Å². The van der Waals surface area contributed by atoms with E-state index in [1.54, 1.807) is 6.92 Å². The second-order valence-electron chi connectivity index (χ2n) is 7.61. The molecule has 3 heterocycles. The average molecular weight is 484 g/mol. The second-order valence-corrected chi connectivity index (χ2v) is 7.61. The van der Waals surface area contributed by atoms with E-state index in [2.05, 4.69) is 25.3 Å². The summed E-state index contributed by atoms with van der Waals surface area (Å²) in [6.45, 7) is 5.06. The summed E-state index contributed by atoms with van der Waals surface area (Å²) in [6.07, 6.45) is -1.47. The minimum Gasteiger partial charge on any atom is -0.479 e. The van der Waals surface area contributed by atoms with Crippen molar-refractivity contribution >= 4 is 5.95 Å². The summed E-state index contributed by atoms with van der Waals surface area (Å²) in [5, 5.41) is 2.81. The van der Waals surface area contributed by atoms with Gasteiger partial charge in [0, 0.05) is 18.6 Å². The Morgan fingerprint density at radius 2 is 1.91 bits per heavy atom. The maximum atomic E-state index is 14.7. The molecule has 0 aliphatic rings. The first-order chi connectivity index (χ1) is 16.1. The van der Waals surface area contributed by atoms with Gasteiger partial charge in [-0.15, -0.1) is 0 Å². The van der Waals surface area contributed by atoms with Gasteiger partial charge in [0.15, 0.2) is 0 Å².